The van der Waals surface area contributed by atoms with E-state index in [0.29, 0.717) is 11.6 Å². The van der Waals surface area contributed by atoms with Crippen LogP contribution in [-0.2, 0) is 0 Å². The lowest BCUT2D eigenvalue weighted by Crippen LogP contribution is -2.05. The van der Waals surface area contributed by atoms with E-state index in [4.69, 9.17) is 4.42 Å². The van der Waals surface area contributed by atoms with Gasteiger partial charge in [-0.2, -0.15) is 0 Å². The van der Waals surface area contributed by atoms with Gasteiger partial charge in [-0.25, -0.2) is 4.98 Å². The second-order valence-electron chi connectivity index (χ2n) is 3.83. The van der Waals surface area contributed by atoms with E-state index in [-0.39, 0.29) is 11.8 Å². The molecule has 102 valence electrons. The molecule has 0 saturated heterocycles. The molecule has 0 unspecified atom stereocenters. The normalized spacial score (nSPS) is 11.4. The number of rotatable bonds is 4. The summed E-state index contributed by atoms with van der Waals surface area (Å²) in [5.41, 5.74) is 0. The molecule has 2 heterocycles. The van der Waals surface area contributed by atoms with Crippen molar-refractivity contribution in [2.45, 2.75) is 6.92 Å². The van der Waals surface area contributed by atoms with Crippen molar-refractivity contribution in [1.82, 2.24) is 9.55 Å². The van der Waals surface area contributed by atoms with Gasteiger partial charge in [0.25, 0.3) is 0 Å². The Morgan fingerprint density at radius 1 is 1.40 bits per heavy atom. The maximum Gasteiger partial charge on any atom is 0.433 e. The largest absolute Gasteiger partial charge is 0.433 e. The van der Waals surface area contributed by atoms with Crippen molar-refractivity contribution < 1.29 is 14.1 Å². The Morgan fingerprint density at radius 2 is 2.15 bits per heavy atom. The molecule has 0 aromatic carbocycles. The van der Waals surface area contributed by atoms with Crippen LogP contribution in [-0.4, -0.2) is 20.4 Å². The van der Waals surface area contributed by atoms with Gasteiger partial charge >= 0.3 is 5.88 Å². The van der Waals surface area contributed by atoms with Crippen LogP contribution in [0.2, 0.25) is 0 Å². The third kappa shape index (κ3) is 3.08. The first-order valence-corrected chi connectivity index (χ1v) is 5.71. The molecule has 0 N–H and O–H groups in total. The van der Waals surface area contributed by atoms with Crippen LogP contribution in [0.5, 0.6) is 0 Å². The first-order valence-electron chi connectivity index (χ1n) is 5.71. The van der Waals surface area contributed by atoms with Gasteiger partial charge in [-0.05, 0) is 18.2 Å². The Hall–Kier alpha value is -2.96. The minimum Gasteiger partial charge on any atom is -0.401 e. The quantitative estimate of drug-likeness (QED) is 0.485. The summed E-state index contributed by atoms with van der Waals surface area (Å²) in [5.74, 6) is 0.442. The van der Waals surface area contributed by atoms with Crippen molar-refractivity contribution in [1.29, 1.82) is 0 Å². The summed E-state index contributed by atoms with van der Waals surface area (Å²) in [6.45, 7) is 1.44. The summed E-state index contributed by atoms with van der Waals surface area (Å²) in [7, 11) is 0. The zero-order chi connectivity index (χ0) is 14.5. The molecule has 2 aromatic heterocycles. The number of carbonyl (C=O) groups is 1. The second-order valence-corrected chi connectivity index (χ2v) is 3.83. The Balaban J connectivity index is 2.05. The monoisotopic (exact) mass is 273 g/mol. The molecule has 0 aliphatic heterocycles. The van der Waals surface area contributed by atoms with Crippen LogP contribution in [0, 0.1) is 10.1 Å². The Labute approximate surface area is 114 Å². The number of nitro groups is 1. The zero-order valence-electron chi connectivity index (χ0n) is 10.6. The number of hydrogen-bond acceptors (Lipinski definition) is 5. The van der Waals surface area contributed by atoms with Crippen LogP contribution in [0.4, 0.5) is 5.88 Å². The highest BCUT2D eigenvalue weighted by atomic mass is 16.6. The zero-order valence-corrected chi connectivity index (χ0v) is 10.6. The fourth-order valence-electron chi connectivity index (χ4n) is 1.53. The van der Waals surface area contributed by atoms with Gasteiger partial charge in [-0.3, -0.25) is 19.5 Å². The molecule has 0 saturated carbocycles. The summed E-state index contributed by atoms with van der Waals surface area (Å²) in [6, 6.07) is 2.78. The number of aromatic nitrogens is 2. The highest BCUT2D eigenvalue weighted by Crippen LogP contribution is 2.16. The van der Waals surface area contributed by atoms with E-state index in [1.807, 2.05) is 0 Å². The van der Waals surface area contributed by atoms with E-state index in [1.165, 1.54) is 29.8 Å². The van der Waals surface area contributed by atoms with Crippen LogP contribution in [0.25, 0.3) is 12.2 Å². The first-order chi connectivity index (χ1) is 9.58. The van der Waals surface area contributed by atoms with Gasteiger partial charge in [-0.15, -0.1) is 0 Å². The number of allylic oxidation sites excluding steroid dienone is 2. The summed E-state index contributed by atoms with van der Waals surface area (Å²) in [6.07, 6.45) is 9.62. The van der Waals surface area contributed by atoms with Crippen molar-refractivity contribution in [2.75, 3.05) is 0 Å². The molecule has 0 bridgehead atoms. The molecule has 2 rings (SSSR count). The lowest BCUT2D eigenvalue weighted by Gasteiger charge is -1.96. The van der Waals surface area contributed by atoms with Gasteiger partial charge in [0.1, 0.15) is 16.5 Å². The molecule has 0 aliphatic carbocycles. The molecule has 0 atom stereocenters. The van der Waals surface area contributed by atoms with Crippen LogP contribution < -0.4 is 0 Å². The lowest BCUT2D eigenvalue weighted by atomic mass is 10.3. The number of furan rings is 1. The molecule has 0 radical (unpaired) electrons. The molecular weight excluding hydrogens is 262 g/mol. The van der Waals surface area contributed by atoms with E-state index in [0.717, 1.165) is 0 Å². The molecule has 7 nitrogen and oxygen atoms in total. The third-order valence-electron chi connectivity index (χ3n) is 2.42. The maximum absolute atomic E-state index is 11.2. The van der Waals surface area contributed by atoms with E-state index in [2.05, 4.69) is 4.98 Å². The van der Waals surface area contributed by atoms with E-state index < -0.39 is 4.92 Å². The first kappa shape index (κ1) is 13.5. The van der Waals surface area contributed by atoms with Gasteiger partial charge < -0.3 is 4.42 Å². The van der Waals surface area contributed by atoms with E-state index >= 15 is 0 Å². The van der Waals surface area contributed by atoms with Crippen LogP contribution >= 0.6 is 0 Å². The van der Waals surface area contributed by atoms with Gasteiger partial charge in [0.15, 0.2) is 0 Å². The molecule has 0 spiro atoms. The van der Waals surface area contributed by atoms with Crippen molar-refractivity contribution >= 4 is 23.9 Å². The second kappa shape index (κ2) is 5.79. The van der Waals surface area contributed by atoms with Crippen LogP contribution in [0.3, 0.4) is 0 Å². The van der Waals surface area contributed by atoms with Gasteiger partial charge in [0, 0.05) is 19.3 Å². The van der Waals surface area contributed by atoms with E-state index in [1.54, 1.807) is 30.5 Å². The number of carbonyl (C=O) groups excluding carboxylic acids is 1. The Morgan fingerprint density at radius 3 is 2.80 bits per heavy atom. The van der Waals surface area contributed by atoms with Crippen LogP contribution in [0.15, 0.2) is 41.1 Å². The predicted octanol–water partition coefficient (Wildman–Crippen LogP) is 2.77. The average Bonchev–Trinajstić information content (AvgIpc) is 3.03. The molecule has 0 fully saturated rings. The minimum absolute atomic E-state index is 0.132. The molecule has 0 aliphatic rings. The summed E-state index contributed by atoms with van der Waals surface area (Å²) >= 11 is 0. The standard InChI is InChI=1S/C13H11N3O4/c1-10(17)15-9-8-14-12(15)5-3-2-4-11-6-7-13(20-11)16(18)19/h2-9H,1H3. The van der Waals surface area contributed by atoms with Crippen molar-refractivity contribution in [3.05, 3.63) is 58.4 Å². The van der Waals surface area contributed by atoms with Gasteiger partial charge in [0.2, 0.25) is 5.91 Å². The fraction of sp³-hybridized carbons (Fsp3) is 0.0769. The summed E-state index contributed by atoms with van der Waals surface area (Å²) < 4.78 is 6.35. The average molecular weight is 273 g/mol. The van der Waals surface area contributed by atoms with E-state index in [9.17, 15) is 14.9 Å². The fourth-order valence-corrected chi connectivity index (χ4v) is 1.53. The highest BCUT2D eigenvalue weighted by molar-refractivity contribution is 5.78. The smallest absolute Gasteiger partial charge is 0.401 e. The topological polar surface area (TPSA) is 91.2 Å². The molecule has 7 heteroatoms. The van der Waals surface area contributed by atoms with Gasteiger partial charge in [-0.1, -0.05) is 12.2 Å². The van der Waals surface area contributed by atoms with Crippen molar-refractivity contribution in [3.63, 3.8) is 0 Å². The number of hydrogen-bond donors (Lipinski definition) is 0. The summed E-state index contributed by atoms with van der Waals surface area (Å²) in [4.78, 5) is 25.1. The van der Waals surface area contributed by atoms with Crippen LogP contribution in [0.1, 0.15) is 23.3 Å². The minimum atomic E-state index is -0.600. The maximum atomic E-state index is 11.2. The summed E-state index contributed by atoms with van der Waals surface area (Å²) in [5, 5.41) is 10.4. The van der Waals surface area contributed by atoms with Crippen molar-refractivity contribution in [3.8, 4) is 0 Å². The van der Waals surface area contributed by atoms with Gasteiger partial charge in [0.05, 0.1) is 6.07 Å². The highest BCUT2D eigenvalue weighted by Gasteiger charge is 2.09. The molecular formula is C13H11N3O4. The number of nitrogens with zero attached hydrogens (tertiary/aromatic N) is 3. The molecule has 20 heavy (non-hydrogen) atoms. The third-order valence-corrected chi connectivity index (χ3v) is 2.42. The molecule has 2 aromatic rings. The lowest BCUT2D eigenvalue weighted by molar-refractivity contribution is -0.402. The number of imidazole rings is 1. The Bertz CT molecular complexity index is 694. The van der Waals surface area contributed by atoms with Crippen molar-refractivity contribution in [2.24, 2.45) is 0 Å². The Kier molecular flexibility index (Phi) is 3.90. The molecule has 0 amide bonds. The predicted molar refractivity (Wildman–Crippen MR) is 72.0 cm³/mol. The SMILES string of the molecule is CC(=O)n1ccnc1C=CC=Cc1ccc([N+](=O)[O-])o1.